The zero-order chi connectivity index (χ0) is 18.4. The maximum Gasteiger partial charge on any atom is 0.127 e. The van der Waals surface area contributed by atoms with Crippen molar-refractivity contribution in [3.05, 3.63) is 77.9 Å². The molecular weight excluding hydrogens is 324 g/mol. The summed E-state index contributed by atoms with van der Waals surface area (Å²) in [5.41, 5.74) is 10.1. The van der Waals surface area contributed by atoms with E-state index >= 15 is 0 Å². The van der Waals surface area contributed by atoms with Crippen LogP contribution in [0.2, 0.25) is 0 Å². The Labute approximate surface area is 154 Å². The topological polar surface area (TPSA) is 56.5 Å². The fraction of sp³-hybridized carbons (Fsp3) is 0.182. The van der Waals surface area contributed by atoms with Gasteiger partial charge in [0, 0.05) is 6.54 Å². The third-order valence-electron chi connectivity index (χ3n) is 4.07. The zero-order valence-corrected chi connectivity index (χ0v) is 15.2. The van der Waals surface area contributed by atoms with Gasteiger partial charge in [-0.15, -0.1) is 0 Å². The van der Waals surface area contributed by atoms with E-state index in [0.29, 0.717) is 13.2 Å². The molecule has 0 aliphatic rings. The van der Waals surface area contributed by atoms with Gasteiger partial charge in [0.2, 0.25) is 0 Å². The van der Waals surface area contributed by atoms with E-state index in [1.165, 1.54) is 0 Å². The molecule has 3 aromatic rings. The molecule has 3 rings (SSSR count). The van der Waals surface area contributed by atoms with Crippen LogP contribution in [0.25, 0.3) is 0 Å². The summed E-state index contributed by atoms with van der Waals surface area (Å²) in [6.07, 6.45) is 0. The summed E-state index contributed by atoms with van der Waals surface area (Å²) in [6.45, 7) is 5.38. The molecule has 0 aliphatic carbocycles. The summed E-state index contributed by atoms with van der Waals surface area (Å²) < 4.78 is 11.3. The van der Waals surface area contributed by atoms with Crippen molar-refractivity contribution in [3.8, 4) is 17.2 Å². The van der Waals surface area contributed by atoms with Crippen molar-refractivity contribution in [3.63, 3.8) is 0 Å². The van der Waals surface area contributed by atoms with Crippen molar-refractivity contribution in [2.45, 2.75) is 20.4 Å². The molecular formula is C22H24N2O2. The molecule has 0 bridgehead atoms. The average Bonchev–Trinajstić information content (AvgIpc) is 2.64. The molecule has 0 aromatic heterocycles. The first kappa shape index (κ1) is 17.7. The van der Waals surface area contributed by atoms with Crippen molar-refractivity contribution in [1.82, 2.24) is 0 Å². The average molecular weight is 348 g/mol. The highest BCUT2D eigenvalue weighted by molar-refractivity contribution is 5.69. The Morgan fingerprint density at radius 3 is 2.08 bits per heavy atom. The van der Waals surface area contributed by atoms with Gasteiger partial charge < -0.3 is 20.5 Å². The van der Waals surface area contributed by atoms with Crippen LogP contribution in [-0.2, 0) is 6.54 Å². The number of anilines is 2. The van der Waals surface area contributed by atoms with Crippen LogP contribution in [0.15, 0.2) is 66.7 Å². The van der Waals surface area contributed by atoms with E-state index in [-0.39, 0.29) is 0 Å². The van der Waals surface area contributed by atoms with Crippen molar-refractivity contribution >= 4 is 11.4 Å². The van der Waals surface area contributed by atoms with Gasteiger partial charge in [0.25, 0.3) is 0 Å². The van der Waals surface area contributed by atoms with Gasteiger partial charge in [0.1, 0.15) is 17.2 Å². The Bertz CT molecular complexity index is 823. The number of rotatable bonds is 7. The number of ether oxygens (including phenoxy) is 2. The summed E-state index contributed by atoms with van der Waals surface area (Å²) in [4.78, 5) is 0. The SMILES string of the molecule is CCOc1ccc(Oc2ccc(CNc3c(C)cccc3N)cc2)cc1. The van der Waals surface area contributed by atoms with Crippen molar-refractivity contribution in [2.24, 2.45) is 0 Å². The maximum atomic E-state index is 6.03. The van der Waals surface area contributed by atoms with Gasteiger partial charge in [-0.2, -0.15) is 0 Å². The summed E-state index contributed by atoms with van der Waals surface area (Å²) >= 11 is 0. The van der Waals surface area contributed by atoms with Crippen LogP contribution in [0.5, 0.6) is 17.2 Å². The predicted molar refractivity (Wildman–Crippen MR) is 107 cm³/mol. The fourth-order valence-corrected chi connectivity index (χ4v) is 2.70. The first-order chi connectivity index (χ1) is 12.7. The third kappa shape index (κ3) is 4.48. The quantitative estimate of drug-likeness (QED) is 0.563. The Hall–Kier alpha value is -3.14. The number of hydrogen-bond donors (Lipinski definition) is 2. The summed E-state index contributed by atoms with van der Waals surface area (Å²) in [6, 6.07) is 21.6. The second-order valence-electron chi connectivity index (χ2n) is 6.04. The maximum absolute atomic E-state index is 6.03. The van der Waals surface area contributed by atoms with Crippen LogP contribution in [-0.4, -0.2) is 6.61 Å². The Balaban J connectivity index is 1.59. The normalized spacial score (nSPS) is 10.4. The van der Waals surface area contributed by atoms with Crippen LogP contribution in [0, 0.1) is 6.92 Å². The molecule has 0 saturated carbocycles. The fourth-order valence-electron chi connectivity index (χ4n) is 2.70. The predicted octanol–water partition coefficient (Wildman–Crippen LogP) is 5.38. The lowest BCUT2D eigenvalue weighted by molar-refractivity contribution is 0.339. The third-order valence-corrected chi connectivity index (χ3v) is 4.07. The number of nitrogens with two attached hydrogens (primary N) is 1. The molecule has 0 unspecified atom stereocenters. The van der Waals surface area contributed by atoms with Crippen molar-refractivity contribution in [1.29, 1.82) is 0 Å². The van der Waals surface area contributed by atoms with E-state index in [1.807, 2.05) is 80.6 Å². The first-order valence-electron chi connectivity index (χ1n) is 8.74. The number of hydrogen-bond acceptors (Lipinski definition) is 4. The van der Waals surface area contributed by atoms with E-state index < -0.39 is 0 Å². The minimum Gasteiger partial charge on any atom is -0.494 e. The van der Waals surface area contributed by atoms with Crippen LogP contribution < -0.4 is 20.5 Å². The standard InChI is InChI=1S/C22H24N2O2/c1-3-25-18-11-13-20(14-12-18)26-19-9-7-17(8-10-19)15-24-22-16(2)5-4-6-21(22)23/h4-14,24H,3,15,23H2,1-2H3. The van der Waals surface area contributed by atoms with Gasteiger partial charge in [-0.3, -0.25) is 0 Å². The number of nitrogen functional groups attached to an aromatic ring is 1. The number of benzene rings is 3. The molecule has 0 saturated heterocycles. The molecule has 134 valence electrons. The molecule has 0 heterocycles. The first-order valence-corrected chi connectivity index (χ1v) is 8.74. The smallest absolute Gasteiger partial charge is 0.127 e. The van der Waals surface area contributed by atoms with E-state index in [0.717, 1.165) is 39.8 Å². The Morgan fingerprint density at radius 1 is 0.846 bits per heavy atom. The molecule has 0 amide bonds. The van der Waals surface area contributed by atoms with Crippen LogP contribution >= 0.6 is 0 Å². The summed E-state index contributed by atoms with van der Waals surface area (Å²) in [7, 11) is 0. The highest BCUT2D eigenvalue weighted by Crippen LogP contribution is 2.26. The summed E-state index contributed by atoms with van der Waals surface area (Å²) in [5, 5.41) is 3.41. The molecule has 3 aromatic carbocycles. The molecule has 0 spiro atoms. The lowest BCUT2D eigenvalue weighted by atomic mass is 10.1. The van der Waals surface area contributed by atoms with Crippen LogP contribution in [0.1, 0.15) is 18.1 Å². The number of nitrogens with one attached hydrogen (secondary N) is 1. The monoisotopic (exact) mass is 348 g/mol. The number of para-hydroxylation sites is 1. The molecule has 4 nitrogen and oxygen atoms in total. The largest absolute Gasteiger partial charge is 0.494 e. The molecule has 0 atom stereocenters. The molecule has 3 N–H and O–H groups in total. The van der Waals surface area contributed by atoms with Crippen LogP contribution in [0.4, 0.5) is 11.4 Å². The lowest BCUT2D eigenvalue weighted by Crippen LogP contribution is -2.04. The highest BCUT2D eigenvalue weighted by Gasteiger charge is 2.03. The van der Waals surface area contributed by atoms with E-state index in [2.05, 4.69) is 5.32 Å². The van der Waals surface area contributed by atoms with Gasteiger partial charge in [-0.05, 0) is 67.4 Å². The van der Waals surface area contributed by atoms with E-state index in [9.17, 15) is 0 Å². The van der Waals surface area contributed by atoms with Gasteiger partial charge in [-0.1, -0.05) is 24.3 Å². The summed E-state index contributed by atoms with van der Waals surface area (Å²) in [5.74, 6) is 2.43. The number of aryl methyl sites for hydroxylation is 1. The van der Waals surface area contributed by atoms with Crippen LogP contribution in [0.3, 0.4) is 0 Å². The second-order valence-corrected chi connectivity index (χ2v) is 6.04. The molecule has 4 heteroatoms. The molecule has 0 fully saturated rings. The highest BCUT2D eigenvalue weighted by atomic mass is 16.5. The Kier molecular flexibility index (Phi) is 5.64. The minimum atomic E-state index is 0.657. The molecule has 0 radical (unpaired) electrons. The zero-order valence-electron chi connectivity index (χ0n) is 15.2. The second kappa shape index (κ2) is 8.30. The van der Waals surface area contributed by atoms with E-state index in [4.69, 9.17) is 15.2 Å². The van der Waals surface area contributed by atoms with E-state index in [1.54, 1.807) is 0 Å². The minimum absolute atomic E-state index is 0.657. The van der Waals surface area contributed by atoms with Gasteiger partial charge in [-0.25, -0.2) is 0 Å². The van der Waals surface area contributed by atoms with Gasteiger partial charge in [0.15, 0.2) is 0 Å². The van der Waals surface area contributed by atoms with Gasteiger partial charge >= 0.3 is 0 Å². The van der Waals surface area contributed by atoms with Crippen molar-refractivity contribution in [2.75, 3.05) is 17.7 Å². The molecule has 26 heavy (non-hydrogen) atoms. The lowest BCUT2D eigenvalue weighted by Gasteiger charge is -2.13. The molecule has 0 aliphatic heterocycles. The van der Waals surface area contributed by atoms with Crippen molar-refractivity contribution < 1.29 is 9.47 Å². The Morgan fingerprint density at radius 2 is 1.46 bits per heavy atom. The van der Waals surface area contributed by atoms with Gasteiger partial charge in [0.05, 0.1) is 18.0 Å².